The molecular weight excluding hydrogens is 997 g/mol. The molecule has 6 saturated carbocycles. The van der Waals surface area contributed by atoms with E-state index < -0.39 is 35.6 Å². The molecule has 0 radical (unpaired) electrons. The third-order valence-electron chi connectivity index (χ3n) is 23.3. The van der Waals surface area contributed by atoms with Crippen molar-refractivity contribution in [2.75, 3.05) is 26.4 Å². The Hall–Kier alpha value is -4.09. The van der Waals surface area contributed by atoms with Gasteiger partial charge in [0, 0.05) is 25.0 Å². The Labute approximate surface area is 473 Å². The van der Waals surface area contributed by atoms with Gasteiger partial charge < -0.3 is 32.8 Å². The Morgan fingerprint density at radius 2 is 0.975 bits per heavy atom. The van der Waals surface area contributed by atoms with Crippen LogP contribution in [0.3, 0.4) is 0 Å². The molecule has 1 aromatic rings. The highest BCUT2D eigenvalue weighted by atomic mass is 16.7. The molecule has 8 aliphatic carbocycles. The fourth-order valence-corrected chi connectivity index (χ4v) is 19.2. The quantitative estimate of drug-likeness (QED) is 0.0528. The first kappa shape index (κ1) is 59.5. The molecule has 0 N–H and O–H groups in total. The average Bonchev–Trinajstić information content (AvgIpc) is 4.15. The molecule has 0 aliphatic heterocycles. The Kier molecular flexibility index (Phi) is 18.7. The van der Waals surface area contributed by atoms with Gasteiger partial charge in [0.2, 0.25) is 5.76 Å². The largest absolute Gasteiger partial charge is 0.508 e. The molecule has 0 aromatic carbocycles. The number of carbonyl (C=O) groups excluding carboxylic acids is 4. The predicted molar refractivity (Wildman–Crippen MR) is 304 cm³/mol. The van der Waals surface area contributed by atoms with E-state index in [0.717, 1.165) is 110 Å². The van der Waals surface area contributed by atoms with E-state index in [1.54, 1.807) is 0 Å². The average molecular weight is 1100 g/mol. The Morgan fingerprint density at radius 1 is 0.532 bits per heavy atom. The lowest BCUT2D eigenvalue weighted by Gasteiger charge is -2.58. The summed E-state index contributed by atoms with van der Waals surface area (Å²) in [6.45, 7) is 23.4. The van der Waals surface area contributed by atoms with E-state index in [1.165, 1.54) is 101 Å². The molecule has 79 heavy (non-hydrogen) atoms. The lowest BCUT2D eigenvalue weighted by molar-refractivity contribution is -0.0622. The fraction of sp³-hybridized carbons (Fsp3) is 0.806. The van der Waals surface area contributed by atoms with Gasteiger partial charge in [0.25, 0.3) is 0 Å². The molecule has 0 amide bonds. The number of fused-ring (bicyclic) bond motifs is 10. The monoisotopic (exact) mass is 1100 g/mol. The minimum absolute atomic E-state index is 0.121. The molecular formula is C67H100O12. The summed E-state index contributed by atoms with van der Waals surface area (Å²) >= 11 is 0. The molecule has 12 nitrogen and oxygen atoms in total. The third-order valence-corrected chi connectivity index (χ3v) is 23.3. The van der Waals surface area contributed by atoms with Crippen molar-refractivity contribution in [3.05, 3.63) is 57.2 Å². The van der Waals surface area contributed by atoms with Crippen molar-refractivity contribution < 1.29 is 52.0 Å². The fourth-order valence-electron chi connectivity index (χ4n) is 19.2. The number of rotatable bonds is 20. The van der Waals surface area contributed by atoms with E-state index in [0.29, 0.717) is 35.5 Å². The maximum absolute atomic E-state index is 13.0. The molecule has 16 atom stereocenters. The van der Waals surface area contributed by atoms with Crippen LogP contribution in [0.4, 0.5) is 9.59 Å². The van der Waals surface area contributed by atoms with Gasteiger partial charge in [-0.2, -0.15) is 0 Å². The van der Waals surface area contributed by atoms with Gasteiger partial charge in [0.1, 0.15) is 38.6 Å². The summed E-state index contributed by atoms with van der Waals surface area (Å²) in [5.41, 5.74) is 2.76. The van der Waals surface area contributed by atoms with Crippen LogP contribution >= 0.6 is 0 Å². The Morgan fingerprint density at radius 3 is 1.43 bits per heavy atom. The van der Waals surface area contributed by atoms with E-state index >= 15 is 0 Å². The van der Waals surface area contributed by atoms with Gasteiger partial charge in [-0.05, 0) is 183 Å². The van der Waals surface area contributed by atoms with Crippen molar-refractivity contribution in [1.82, 2.24) is 0 Å². The highest BCUT2D eigenvalue weighted by Crippen LogP contribution is 2.69. The molecule has 1 aromatic heterocycles. The smallest absolute Gasteiger partial charge is 0.458 e. The number of ether oxygens (including phenoxy) is 6. The maximum Gasteiger partial charge on any atom is 0.508 e. The second-order valence-corrected chi connectivity index (χ2v) is 28.5. The van der Waals surface area contributed by atoms with Crippen molar-refractivity contribution in [2.45, 2.75) is 223 Å². The zero-order valence-electron chi connectivity index (χ0n) is 50.2. The van der Waals surface area contributed by atoms with Crippen molar-refractivity contribution in [3.8, 4) is 0 Å². The minimum atomic E-state index is -1.02. The second-order valence-electron chi connectivity index (χ2n) is 28.5. The second kappa shape index (κ2) is 24.8. The number of hydrogen-bond acceptors (Lipinski definition) is 12. The van der Waals surface area contributed by atoms with Gasteiger partial charge in [-0.1, -0.05) is 131 Å². The number of hydrogen-bond donors (Lipinski definition) is 0. The summed E-state index contributed by atoms with van der Waals surface area (Å²) in [6, 6.07) is 1.95. The highest BCUT2D eigenvalue weighted by Gasteiger charge is 2.61. The van der Waals surface area contributed by atoms with E-state index in [4.69, 9.17) is 32.8 Å². The van der Waals surface area contributed by atoms with Crippen LogP contribution in [0.25, 0.3) is 0 Å². The van der Waals surface area contributed by atoms with E-state index in [1.807, 2.05) is 0 Å². The van der Waals surface area contributed by atoms with Gasteiger partial charge in [-0.3, -0.25) is 0 Å². The highest BCUT2D eigenvalue weighted by molar-refractivity contribution is 5.93. The molecule has 0 bridgehead atoms. The van der Waals surface area contributed by atoms with Crippen LogP contribution in [0.15, 0.2) is 44.6 Å². The summed E-state index contributed by atoms with van der Waals surface area (Å²) in [4.78, 5) is 64.0. The van der Waals surface area contributed by atoms with Crippen LogP contribution in [0, 0.1) is 92.7 Å². The van der Waals surface area contributed by atoms with Gasteiger partial charge in [-0.25, -0.2) is 24.0 Å². The zero-order chi connectivity index (χ0) is 56.4. The summed E-state index contributed by atoms with van der Waals surface area (Å²) in [5, 5.41) is 0. The van der Waals surface area contributed by atoms with Crippen LogP contribution in [0.1, 0.15) is 231 Å². The van der Waals surface area contributed by atoms with Crippen LogP contribution in [0.5, 0.6) is 0 Å². The molecule has 0 spiro atoms. The van der Waals surface area contributed by atoms with Crippen molar-refractivity contribution in [1.29, 1.82) is 0 Å². The predicted octanol–water partition coefficient (Wildman–Crippen LogP) is 16.1. The lowest BCUT2D eigenvalue weighted by Crippen LogP contribution is -2.51. The standard InChI is InChI=1S/C67H100O12/c1-41(2)13-11-15-43(5)52-21-23-54-50-19-17-46-39-48(25-29-64(46,7)56(50)27-31-66(52,54)9)77-62(71)75-35-33-73-60(69)45-37-58(79-59(68)38-45)61(70)74-34-36-76-63(72)78-49-26-30-65(8)47(40-49)18-20-51-55-24-22-53(44(6)16-12-14-42(3)4)67(55,10)32-28-57(51)65/h17-18,37-38,41-44,48-57H,11-16,19-36,39-40H2,1-10H3/t43-,44-,48+,49+,50+,51+,52-,53-,54+,55+,56+,57+,64+,65+,66-,67-/m1/s1. The number of allylic oxidation sites excluding steroid dienone is 2. The van der Waals surface area contributed by atoms with Gasteiger partial charge in [-0.15, -0.1) is 0 Å². The summed E-state index contributed by atoms with van der Waals surface area (Å²) in [6.07, 6.45) is 28.6. The van der Waals surface area contributed by atoms with Crippen LogP contribution < -0.4 is 5.63 Å². The van der Waals surface area contributed by atoms with Gasteiger partial charge >= 0.3 is 29.9 Å². The SMILES string of the molecule is CC(C)CCC[C@@H](C)[C@H]1CC[C@H]2[C@@H]3CC=C4C[C@@H](OC(=O)OCCOC(=O)c5cc(C(=O)OCCOC(=O)O[C@H]6CC[C@@]7(C)C(=CC[C@H]8[C@@H]9CC[C@H]([C@H](C)CCCC(C)C)[C@@]9(C)CC[C@@H]87)C6)oc(=O)c5)CC[C@]4(C)[C@H]3CC[C@]12C. The molecule has 12 heteroatoms. The molecule has 440 valence electrons. The minimum Gasteiger partial charge on any atom is -0.458 e. The molecule has 9 rings (SSSR count). The van der Waals surface area contributed by atoms with Crippen LogP contribution in [-0.4, -0.2) is 62.9 Å². The summed E-state index contributed by atoms with van der Waals surface area (Å²) in [7, 11) is 0. The van der Waals surface area contributed by atoms with E-state index in [2.05, 4.69) is 81.4 Å². The van der Waals surface area contributed by atoms with Crippen molar-refractivity contribution in [2.24, 2.45) is 92.7 Å². The topological polar surface area (TPSA) is 154 Å². The lowest BCUT2D eigenvalue weighted by atomic mass is 9.47. The van der Waals surface area contributed by atoms with Gasteiger partial charge in [0.15, 0.2) is 0 Å². The number of carbonyl (C=O) groups is 4. The molecule has 1 heterocycles. The van der Waals surface area contributed by atoms with Crippen molar-refractivity contribution in [3.63, 3.8) is 0 Å². The first-order valence-corrected chi connectivity index (χ1v) is 31.7. The van der Waals surface area contributed by atoms with Crippen molar-refractivity contribution >= 4 is 24.2 Å². The van der Waals surface area contributed by atoms with Gasteiger partial charge in [0.05, 0.1) is 5.56 Å². The number of esters is 2. The third kappa shape index (κ3) is 12.6. The molecule has 6 fully saturated rings. The summed E-state index contributed by atoms with van der Waals surface area (Å²) in [5.74, 6) is 6.64. The molecule has 0 unspecified atom stereocenters. The van der Waals surface area contributed by atoms with Crippen LogP contribution in [-0.2, 0) is 28.4 Å². The van der Waals surface area contributed by atoms with E-state index in [-0.39, 0.29) is 55.0 Å². The summed E-state index contributed by atoms with van der Waals surface area (Å²) < 4.78 is 37.8. The van der Waals surface area contributed by atoms with E-state index in [9.17, 15) is 24.0 Å². The molecule has 0 saturated heterocycles. The molecule has 8 aliphatic rings. The first-order valence-electron chi connectivity index (χ1n) is 31.7. The Bertz CT molecular complexity index is 2290. The Balaban J connectivity index is 0.662. The zero-order valence-corrected chi connectivity index (χ0v) is 50.2. The first-order chi connectivity index (χ1) is 37.6. The normalized spacial score (nSPS) is 36.2. The van der Waals surface area contributed by atoms with Crippen LogP contribution in [0.2, 0.25) is 0 Å². The maximum atomic E-state index is 13.0.